The monoisotopic (exact) mass is 198 g/mol. The van der Waals surface area contributed by atoms with Crippen LogP contribution in [0.15, 0.2) is 12.7 Å². The Kier molecular flexibility index (Phi) is 2.66. The van der Waals surface area contributed by atoms with E-state index in [1.807, 2.05) is 20.8 Å². The van der Waals surface area contributed by atoms with Gasteiger partial charge in [-0.2, -0.15) is 5.10 Å². The van der Waals surface area contributed by atoms with Crippen LogP contribution in [0.4, 0.5) is 0 Å². The van der Waals surface area contributed by atoms with Crippen LogP contribution in [0.2, 0.25) is 0 Å². The topological polar surface area (TPSA) is 47.8 Å². The largest absolute Gasteiger partial charge is 0.740 e. The van der Waals surface area contributed by atoms with Crippen molar-refractivity contribution in [3.05, 3.63) is 12.7 Å². The maximum atomic E-state index is 11.2. The number of hydrogen-bond donors (Lipinski definition) is 0. The highest BCUT2D eigenvalue weighted by Gasteiger charge is 2.27. The van der Waals surface area contributed by atoms with Gasteiger partial charge in [-0.25, -0.2) is 9.67 Å². The number of rotatable bonds is 2. The van der Waals surface area contributed by atoms with Gasteiger partial charge >= 0.3 is 0 Å². The van der Waals surface area contributed by atoms with Crippen LogP contribution >= 0.6 is 0 Å². The van der Waals surface area contributed by atoms with Crippen LogP contribution in [0.3, 0.4) is 0 Å². The lowest BCUT2D eigenvalue weighted by Gasteiger charge is -2.31. The first-order valence-electron chi connectivity index (χ1n) is 3.98. The quantitative estimate of drug-likeness (QED) is 0.663. The van der Waals surface area contributed by atoms with E-state index in [1.165, 1.54) is 17.3 Å². The summed E-state index contributed by atoms with van der Waals surface area (Å²) in [6.07, 6.45) is 2.91. The van der Waals surface area contributed by atoms with Gasteiger partial charge in [-0.05, 0) is 5.41 Å². The molecule has 5 heteroatoms. The SMILES string of the molecule is CC(C)(C)C(C(=O)[S-])n1cncn1. The van der Waals surface area contributed by atoms with Crippen molar-refractivity contribution in [1.29, 1.82) is 0 Å². The molecule has 0 N–H and O–H groups in total. The normalized spacial score (nSPS) is 14.1. The highest BCUT2D eigenvalue weighted by atomic mass is 32.1. The van der Waals surface area contributed by atoms with Gasteiger partial charge in [-0.1, -0.05) is 20.8 Å². The van der Waals surface area contributed by atoms with Crippen LogP contribution in [0, 0.1) is 5.41 Å². The Morgan fingerprint density at radius 3 is 2.46 bits per heavy atom. The van der Waals surface area contributed by atoms with E-state index in [1.54, 1.807) is 0 Å². The molecule has 0 saturated carbocycles. The number of aromatic nitrogens is 3. The second kappa shape index (κ2) is 3.41. The van der Waals surface area contributed by atoms with Crippen molar-refractivity contribution in [2.75, 3.05) is 0 Å². The zero-order chi connectivity index (χ0) is 10.1. The second-order valence-electron chi connectivity index (χ2n) is 3.96. The molecule has 0 aliphatic rings. The molecule has 1 unspecified atom stereocenters. The molecule has 1 rings (SSSR count). The van der Waals surface area contributed by atoms with Crippen LogP contribution in [-0.4, -0.2) is 19.9 Å². The van der Waals surface area contributed by atoms with Gasteiger partial charge in [0.1, 0.15) is 12.7 Å². The van der Waals surface area contributed by atoms with Crippen molar-refractivity contribution in [3.8, 4) is 0 Å². The summed E-state index contributed by atoms with van der Waals surface area (Å²) in [6.45, 7) is 5.84. The Balaban J connectivity index is 3.01. The van der Waals surface area contributed by atoms with Crippen molar-refractivity contribution >= 4 is 17.7 Å². The summed E-state index contributed by atoms with van der Waals surface area (Å²) in [6, 6.07) is -0.412. The predicted molar refractivity (Wildman–Crippen MR) is 50.9 cm³/mol. The van der Waals surface area contributed by atoms with Crippen LogP contribution < -0.4 is 0 Å². The lowest BCUT2D eigenvalue weighted by Crippen LogP contribution is -2.30. The summed E-state index contributed by atoms with van der Waals surface area (Å²) in [5.41, 5.74) is -0.230. The third-order valence-corrected chi connectivity index (χ3v) is 1.97. The smallest absolute Gasteiger partial charge is 0.137 e. The average Bonchev–Trinajstić information content (AvgIpc) is 2.34. The van der Waals surface area contributed by atoms with Crippen molar-refractivity contribution in [2.45, 2.75) is 26.8 Å². The molecule has 0 spiro atoms. The number of nitrogens with zero attached hydrogens (tertiary/aromatic N) is 3. The molecule has 0 radical (unpaired) electrons. The Hall–Kier alpha value is -0.970. The first-order valence-corrected chi connectivity index (χ1v) is 4.38. The molecule has 1 aromatic rings. The minimum atomic E-state index is -0.412. The van der Waals surface area contributed by atoms with Gasteiger partial charge in [0.2, 0.25) is 0 Å². The van der Waals surface area contributed by atoms with E-state index in [-0.39, 0.29) is 10.5 Å². The number of carbonyl (C=O) groups excluding carboxylic acids is 1. The van der Waals surface area contributed by atoms with E-state index in [0.717, 1.165) is 0 Å². The third kappa shape index (κ3) is 2.24. The molecule has 0 aliphatic heterocycles. The van der Waals surface area contributed by atoms with E-state index in [2.05, 4.69) is 22.7 Å². The molecule has 4 nitrogen and oxygen atoms in total. The van der Waals surface area contributed by atoms with Crippen LogP contribution in [0.1, 0.15) is 26.8 Å². The summed E-state index contributed by atoms with van der Waals surface area (Å²) in [5.74, 6) is 0. The fourth-order valence-corrected chi connectivity index (χ4v) is 1.67. The Morgan fingerprint density at radius 1 is 1.54 bits per heavy atom. The molecule has 0 aliphatic carbocycles. The minimum absolute atomic E-state index is 0.230. The second-order valence-corrected chi connectivity index (χ2v) is 4.37. The van der Waals surface area contributed by atoms with Gasteiger partial charge in [0.15, 0.2) is 0 Å². The first kappa shape index (κ1) is 10.1. The van der Waals surface area contributed by atoms with E-state index in [9.17, 15) is 4.79 Å². The molecule has 1 aromatic heterocycles. The van der Waals surface area contributed by atoms with E-state index < -0.39 is 6.04 Å². The highest BCUT2D eigenvalue weighted by Crippen LogP contribution is 2.29. The Morgan fingerprint density at radius 2 is 2.15 bits per heavy atom. The van der Waals surface area contributed by atoms with E-state index in [4.69, 9.17) is 0 Å². The van der Waals surface area contributed by atoms with Gasteiger partial charge in [-0.3, -0.25) is 0 Å². The summed E-state index contributed by atoms with van der Waals surface area (Å²) in [7, 11) is 0. The molecule has 0 saturated heterocycles. The lowest BCUT2D eigenvalue weighted by molar-refractivity contribution is -0.116. The third-order valence-electron chi connectivity index (χ3n) is 1.74. The fraction of sp³-hybridized carbons (Fsp3) is 0.625. The summed E-state index contributed by atoms with van der Waals surface area (Å²) < 4.78 is 1.51. The molecule has 1 heterocycles. The predicted octanol–water partition coefficient (Wildman–Crippen LogP) is 0.939. The van der Waals surface area contributed by atoms with E-state index >= 15 is 0 Å². The van der Waals surface area contributed by atoms with Crippen molar-refractivity contribution < 1.29 is 4.79 Å². The van der Waals surface area contributed by atoms with Crippen LogP contribution in [0.25, 0.3) is 0 Å². The molecular formula is C8H12N3OS-. The Bertz CT molecular complexity index is 289. The summed E-state index contributed by atoms with van der Waals surface area (Å²) >= 11 is 4.67. The average molecular weight is 198 g/mol. The zero-order valence-corrected chi connectivity index (χ0v) is 8.71. The Labute approximate surface area is 82.8 Å². The molecule has 0 fully saturated rings. The minimum Gasteiger partial charge on any atom is -0.740 e. The molecule has 0 bridgehead atoms. The summed E-state index contributed by atoms with van der Waals surface area (Å²) in [5, 5.41) is 3.61. The highest BCUT2D eigenvalue weighted by molar-refractivity contribution is 7.77. The van der Waals surface area contributed by atoms with Gasteiger partial charge in [0.05, 0.1) is 6.04 Å². The zero-order valence-electron chi connectivity index (χ0n) is 7.89. The molecule has 0 amide bonds. The lowest BCUT2D eigenvalue weighted by atomic mass is 9.88. The maximum absolute atomic E-state index is 11.2. The fourth-order valence-electron chi connectivity index (χ4n) is 1.21. The van der Waals surface area contributed by atoms with Gasteiger partial charge in [0.25, 0.3) is 0 Å². The van der Waals surface area contributed by atoms with Gasteiger partial charge < -0.3 is 17.4 Å². The molecule has 1 atom stereocenters. The molecular weight excluding hydrogens is 186 g/mol. The van der Waals surface area contributed by atoms with Gasteiger partial charge in [0, 0.05) is 5.12 Å². The molecule has 13 heavy (non-hydrogen) atoms. The summed E-state index contributed by atoms with van der Waals surface area (Å²) in [4.78, 5) is 15.0. The standard InChI is InChI=1S/C8H13N3OS/c1-8(2,3)6(7(12)13)11-5-9-4-10-11/h4-6H,1-3H3,(H,12,13)/p-1. The van der Waals surface area contributed by atoms with Gasteiger partial charge in [-0.15, -0.1) is 0 Å². The van der Waals surface area contributed by atoms with Crippen molar-refractivity contribution in [1.82, 2.24) is 14.8 Å². The van der Waals surface area contributed by atoms with Crippen molar-refractivity contribution in [2.24, 2.45) is 5.41 Å². The molecule has 72 valence electrons. The maximum Gasteiger partial charge on any atom is 0.137 e. The van der Waals surface area contributed by atoms with Crippen molar-refractivity contribution in [3.63, 3.8) is 0 Å². The first-order chi connectivity index (χ1) is 5.93. The molecule has 0 aromatic carbocycles. The van der Waals surface area contributed by atoms with Crippen LogP contribution in [0.5, 0.6) is 0 Å². The number of hydrogen-bond acceptors (Lipinski definition) is 4. The van der Waals surface area contributed by atoms with Crippen LogP contribution in [-0.2, 0) is 17.4 Å². The number of carbonyl (C=O) groups is 1. The van der Waals surface area contributed by atoms with E-state index in [0.29, 0.717) is 0 Å².